The molecule has 0 fully saturated rings. The van der Waals surface area contributed by atoms with Crippen LogP contribution >= 0.6 is 0 Å². The molecule has 0 radical (unpaired) electrons. The molecule has 16 rings (SSSR count). The van der Waals surface area contributed by atoms with Crippen LogP contribution in [0.5, 0.6) is 0 Å². The quantitative estimate of drug-likeness (QED) is 0.151. The molecule has 0 N–H and O–H groups in total. The fourth-order valence-corrected chi connectivity index (χ4v) is 11.6. The van der Waals surface area contributed by atoms with E-state index in [0.29, 0.717) is 23.4 Å². The van der Waals surface area contributed by atoms with Gasteiger partial charge in [0.1, 0.15) is 11.2 Å². The van der Waals surface area contributed by atoms with Crippen LogP contribution in [0.3, 0.4) is 0 Å². The van der Waals surface area contributed by atoms with Gasteiger partial charge < -0.3 is 8.98 Å². The highest BCUT2D eigenvalue weighted by Gasteiger charge is 2.21. The third kappa shape index (κ3) is 7.41. The number of hydrogen-bond donors (Lipinski definition) is 0. The van der Waals surface area contributed by atoms with Crippen LogP contribution in [0.4, 0.5) is 0 Å². The number of benzene rings is 11. The maximum atomic E-state index is 6.53. The molecule has 0 spiro atoms. The normalized spacial score (nSPS) is 11.8. The molecule has 0 saturated carbocycles. The molecule has 8 nitrogen and oxygen atoms in total. The summed E-state index contributed by atoms with van der Waals surface area (Å²) in [6.07, 6.45) is 0. The Hall–Kier alpha value is -10.8. The number of rotatable bonds is 8. The zero-order valence-corrected chi connectivity index (χ0v) is 42.4. The molecule has 368 valence electrons. The Bertz CT molecular complexity index is 5010. The summed E-state index contributed by atoms with van der Waals surface area (Å²) in [5.74, 6) is 2.43. The van der Waals surface area contributed by atoms with Crippen LogP contribution < -0.4 is 0 Å². The molecule has 8 heteroatoms. The topological polar surface area (TPSA) is 87.5 Å². The largest absolute Gasteiger partial charge is 0.456 e. The average Bonchev–Trinajstić information content (AvgIpc) is 4.37. The van der Waals surface area contributed by atoms with Gasteiger partial charge in [0.15, 0.2) is 17.5 Å². The Balaban J connectivity index is 0.870. The van der Waals surface area contributed by atoms with E-state index >= 15 is 0 Å². The average molecular weight is 1010 g/mol. The molecule has 0 bridgehead atoms. The summed E-state index contributed by atoms with van der Waals surface area (Å²) >= 11 is 0. The third-order valence-electron chi connectivity index (χ3n) is 15.4. The number of fused-ring (bicyclic) bond motifs is 10. The van der Waals surface area contributed by atoms with Crippen molar-refractivity contribution in [2.24, 2.45) is 0 Å². The lowest BCUT2D eigenvalue weighted by Crippen LogP contribution is -2.03. The van der Waals surface area contributed by atoms with Gasteiger partial charge >= 0.3 is 0 Å². The number of furan rings is 1. The SMILES string of the molecule is c1ccc(-c2nc(-c3ccccc3)nc(-c3ccc4oc5ccc(-c6ccc7c(c6)c6cc(-c8ccc9c(c8)c8ccccc8n9-c8ccccc8)ccc6n7-c6nc(-c7ccccc7)c7ccccc7n6)cc5c4c3)n2)cc1. The molecule has 16 aromatic rings. The van der Waals surface area contributed by atoms with Gasteiger partial charge in [-0.1, -0.05) is 170 Å². The number of hydrogen-bond acceptors (Lipinski definition) is 6. The summed E-state index contributed by atoms with van der Waals surface area (Å²) in [7, 11) is 0. The maximum Gasteiger partial charge on any atom is 0.235 e. The Morgan fingerprint density at radius 2 is 0.658 bits per heavy atom. The lowest BCUT2D eigenvalue weighted by molar-refractivity contribution is 0.669. The second-order valence-corrected chi connectivity index (χ2v) is 20.0. The molecule has 0 aliphatic carbocycles. The van der Waals surface area contributed by atoms with Crippen molar-refractivity contribution >= 4 is 76.5 Å². The lowest BCUT2D eigenvalue weighted by Gasteiger charge is -2.12. The zero-order valence-electron chi connectivity index (χ0n) is 42.4. The van der Waals surface area contributed by atoms with Crippen LogP contribution in [0.15, 0.2) is 265 Å². The van der Waals surface area contributed by atoms with Crippen LogP contribution in [0, 0.1) is 0 Å². The maximum absolute atomic E-state index is 6.53. The highest BCUT2D eigenvalue weighted by molar-refractivity contribution is 6.14. The van der Waals surface area contributed by atoms with Crippen LogP contribution in [0.1, 0.15) is 0 Å². The van der Waals surface area contributed by atoms with Crippen molar-refractivity contribution in [1.82, 2.24) is 34.1 Å². The van der Waals surface area contributed by atoms with Crippen molar-refractivity contribution < 1.29 is 4.42 Å². The Morgan fingerprint density at radius 3 is 1.24 bits per heavy atom. The van der Waals surface area contributed by atoms with Gasteiger partial charge in [-0.15, -0.1) is 0 Å². The fraction of sp³-hybridized carbons (Fsp3) is 0. The zero-order chi connectivity index (χ0) is 52.0. The molecule has 0 saturated heterocycles. The van der Waals surface area contributed by atoms with Gasteiger partial charge in [0.05, 0.1) is 33.3 Å². The van der Waals surface area contributed by atoms with Gasteiger partial charge in [-0.25, -0.2) is 24.9 Å². The summed E-state index contributed by atoms with van der Waals surface area (Å²) in [4.78, 5) is 25.8. The molecule has 0 amide bonds. The van der Waals surface area contributed by atoms with E-state index in [4.69, 9.17) is 29.3 Å². The van der Waals surface area contributed by atoms with E-state index in [2.05, 4.69) is 185 Å². The smallest absolute Gasteiger partial charge is 0.235 e. The fourth-order valence-electron chi connectivity index (χ4n) is 11.6. The summed E-state index contributed by atoms with van der Waals surface area (Å²) < 4.78 is 11.1. The van der Waals surface area contributed by atoms with Gasteiger partial charge in [0.2, 0.25) is 5.95 Å². The monoisotopic (exact) mass is 1010 g/mol. The number of nitrogens with zero attached hydrogens (tertiary/aromatic N) is 7. The first-order valence-electron chi connectivity index (χ1n) is 26.5. The van der Waals surface area contributed by atoms with E-state index in [9.17, 15) is 0 Å². The standard InChI is InChI=1S/C71H43N7O/c1-5-17-44(18-6-1)67-54-26-13-15-27-60(54)72-71(73-67)78-63-35-30-48(47-29-34-62-55(39-47)53-25-14-16-28-61(53)77(62)52-23-11-4-12-24-52)40-56(63)57-41-49(31-36-64(57)78)50-32-37-65-58(42-50)59-43-51(33-38-66(59)79-65)70-75-68(45-19-7-2-8-20-45)74-69(76-70)46-21-9-3-10-22-46/h1-43H. The Labute approximate surface area is 452 Å². The van der Waals surface area contributed by atoms with Crippen LogP contribution in [-0.2, 0) is 0 Å². The van der Waals surface area contributed by atoms with Gasteiger partial charge in [0, 0.05) is 65.6 Å². The molecule has 5 aromatic heterocycles. The van der Waals surface area contributed by atoms with E-state index < -0.39 is 0 Å². The minimum atomic E-state index is 0.589. The molecule has 0 atom stereocenters. The van der Waals surface area contributed by atoms with Crippen LogP contribution in [0.25, 0.3) is 156 Å². The van der Waals surface area contributed by atoms with Crippen molar-refractivity contribution in [2.75, 3.05) is 0 Å². The van der Waals surface area contributed by atoms with E-state index in [1.807, 2.05) is 84.9 Å². The Kier molecular flexibility index (Phi) is 10.1. The summed E-state index contributed by atoms with van der Waals surface area (Å²) in [6, 6.07) is 91.3. The third-order valence-corrected chi connectivity index (χ3v) is 15.4. The summed E-state index contributed by atoms with van der Waals surface area (Å²) in [5, 5.41) is 7.59. The number of aromatic nitrogens is 7. The predicted molar refractivity (Wildman–Crippen MR) is 321 cm³/mol. The molecular weight excluding hydrogens is 967 g/mol. The molecule has 0 aliphatic heterocycles. The van der Waals surface area contributed by atoms with Gasteiger partial charge in [-0.2, -0.15) is 0 Å². The van der Waals surface area contributed by atoms with Gasteiger partial charge in [0.25, 0.3) is 0 Å². The van der Waals surface area contributed by atoms with Gasteiger partial charge in [-0.05, 0) is 113 Å². The number of para-hydroxylation sites is 3. The first-order chi connectivity index (χ1) is 39.1. The van der Waals surface area contributed by atoms with Crippen molar-refractivity contribution in [3.05, 3.63) is 261 Å². The molecular formula is C71H43N7O. The van der Waals surface area contributed by atoms with Crippen molar-refractivity contribution in [3.63, 3.8) is 0 Å². The highest BCUT2D eigenvalue weighted by atomic mass is 16.3. The van der Waals surface area contributed by atoms with E-state index in [0.717, 1.165) is 111 Å². The molecule has 79 heavy (non-hydrogen) atoms. The first kappa shape index (κ1) is 44.5. The van der Waals surface area contributed by atoms with Crippen molar-refractivity contribution in [2.45, 2.75) is 0 Å². The molecule has 5 heterocycles. The van der Waals surface area contributed by atoms with Crippen molar-refractivity contribution in [1.29, 1.82) is 0 Å². The first-order valence-corrected chi connectivity index (χ1v) is 26.5. The summed E-state index contributed by atoms with van der Waals surface area (Å²) in [6.45, 7) is 0. The molecule has 11 aromatic carbocycles. The predicted octanol–water partition coefficient (Wildman–Crippen LogP) is 17.9. The van der Waals surface area contributed by atoms with E-state index in [1.54, 1.807) is 0 Å². The minimum absolute atomic E-state index is 0.589. The van der Waals surface area contributed by atoms with Crippen LogP contribution in [-0.4, -0.2) is 34.1 Å². The van der Waals surface area contributed by atoms with Crippen LogP contribution in [0.2, 0.25) is 0 Å². The highest BCUT2D eigenvalue weighted by Crippen LogP contribution is 2.42. The molecule has 0 unspecified atom stereocenters. The summed E-state index contributed by atoms with van der Waals surface area (Å²) in [5.41, 5.74) is 17.0. The lowest BCUT2D eigenvalue weighted by atomic mass is 9.98. The van der Waals surface area contributed by atoms with Gasteiger partial charge in [-0.3, -0.25) is 4.57 Å². The van der Waals surface area contributed by atoms with Crippen molar-refractivity contribution in [3.8, 4) is 79.3 Å². The Morgan fingerprint density at radius 1 is 0.253 bits per heavy atom. The minimum Gasteiger partial charge on any atom is -0.456 e. The van der Waals surface area contributed by atoms with E-state index in [-0.39, 0.29) is 0 Å². The van der Waals surface area contributed by atoms with E-state index in [1.165, 1.54) is 21.8 Å². The second kappa shape index (κ2) is 17.9. The second-order valence-electron chi connectivity index (χ2n) is 20.0. The molecule has 0 aliphatic rings.